The van der Waals surface area contributed by atoms with Crippen LogP contribution in [0.3, 0.4) is 0 Å². The van der Waals surface area contributed by atoms with Crippen LogP contribution in [0.2, 0.25) is 0 Å². The lowest BCUT2D eigenvalue weighted by Gasteiger charge is -2.34. The third kappa shape index (κ3) is 4.22. The number of piperidine rings is 1. The summed E-state index contributed by atoms with van der Waals surface area (Å²) in [6, 6.07) is 11.4. The van der Waals surface area contributed by atoms with Crippen LogP contribution in [0.5, 0.6) is 0 Å². The molecule has 1 atom stereocenters. The highest BCUT2D eigenvalue weighted by Crippen LogP contribution is 2.28. The zero-order valence-electron chi connectivity index (χ0n) is 16.5. The maximum absolute atomic E-state index is 13.4. The smallest absolute Gasteiger partial charge is 0.291 e. The predicted molar refractivity (Wildman–Crippen MR) is 114 cm³/mol. The van der Waals surface area contributed by atoms with Crippen LogP contribution in [-0.4, -0.2) is 40.3 Å². The highest BCUT2D eigenvalue weighted by Gasteiger charge is 2.33. The monoisotopic (exact) mass is 428 g/mol. The minimum absolute atomic E-state index is 0.0255. The van der Waals surface area contributed by atoms with E-state index in [2.05, 4.69) is 27.1 Å². The fourth-order valence-electron chi connectivity index (χ4n) is 4.07. The minimum Gasteiger partial charge on any atom is -0.291 e. The average molecular weight is 429 g/mol. The van der Waals surface area contributed by atoms with Crippen LogP contribution in [-0.2, 0) is 16.4 Å². The van der Waals surface area contributed by atoms with Gasteiger partial charge in [0.25, 0.3) is 5.56 Å². The summed E-state index contributed by atoms with van der Waals surface area (Å²) in [6.07, 6.45) is 6.43. The molecule has 0 radical (unpaired) electrons. The second kappa shape index (κ2) is 8.53. The van der Waals surface area contributed by atoms with Crippen LogP contribution in [0.15, 0.2) is 57.1 Å². The fourth-order valence-corrected chi connectivity index (χ4v) is 5.77. The first kappa shape index (κ1) is 20.5. The Morgan fingerprint density at radius 3 is 2.70 bits per heavy atom. The first-order valence-corrected chi connectivity index (χ1v) is 11.6. The number of H-pyrrole nitrogens is 2. The number of aromatic amines is 2. The summed E-state index contributed by atoms with van der Waals surface area (Å²) in [4.78, 5) is 32.0. The highest BCUT2D eigenvalue weighted by molar-refractivity contribution is 7.89. The van der Waals surface area contributed by atoms with Crippen molar-refractivity contribution in [3.8, 4) is 0 Å². The molecule has 1 saturated heterocycles. The lowest BCUT2D eigenvalue weighted by molar-refractivity contribution is 0.237. The van der Waals surface area contributed by atoms with Crippen molar-refractivity contribution in [2.24, 2.45) is 0 Å². The molecule has 158 valence electrons. The molecule has 2 N–H and O–H groups in total. The van der Waals surface area contributed by atoms with Crippen molar-refractivity contribution in [1.82, 2.24) is 19.3 Å². The number of rotatable bonds is 6. The maximum atomic E-state index is 13.4. The second-order valence-corrected chi connectivity index (χ2v) is 9.51. The Morgan fingerprint density at radius 1 is 1.10 bits per heavy atom. The number of nitrogens with zero attached hydrogens (tertiary/aromatic N) is 2. The Bertz CT molecular complexity index is 1250. The van der Waals surface area contributed by atoms with Crippen molar-refractivity contribution < 1.29 is 8.42 Å². The van der Waals surface area contributed by atoms with Gasteiger partial charge < -0.3 is 0 Å². The molecular formula is C21H24N4O4S. The van der Waals surface area contributed by atoms with Gasteiger partial charge in [-0.15, -0.1) is 0 Å². The number of benzene rings is 1. The molecule has 0 spiro atoms. The van der Waals surface area contributed by atoms with Crippen LogP contribution in [0, 0.1) is 0 Å². The zero-order chi connectivity index (χ0) is 21.1. The van der Waals surface area contributed by atoms with E-state index in [4.69, 9.17) is 0 Å². The number of sulfonamides is 1. The number of aryl methyl sites for hydroxylation is 1. The van der Waals surface area contributed by atoms with E-state index in [1.54, 1.807) is 4.31 Å². The van der Waals surface area contributed by atoms with Crippen molar-refractivity contribution in [3.63, 3.8) is 0 Å². The molecule has 3 aromatic rings. The van der Waals surface area contributed by atoms with E-state index >= 15 is 0 Å². The van der Waals surface area contributed by atoms with Gasteiger partial charge in [-0.3, -0.25) is 14.8 Å². The SMILES string of the molecule is O=c1[nH]c(=O)c2cc(S(=O)(=O)N3CCCCC3CCCc3ccccc3)cnc2[nH]1. The van der Waals surface area contributed by atoms with Crippen LogP contribution >= 0.6 is 0 Å². The van der Waals surface area contributed by atoms with Crippen LogP contribution in [0.25, 0.3) is 11.0 Å². The van der Waals surface area contributed by atoms with E-state index in [9.17, 15) is 18.0 Å². The summed E-state index contributed by atoms with van der Waals surface area (Å²) < 4.78 is 28.3. The Hall–Kier alpha value is -2.78. The summed E-state index contributed by atoms with van der Waals surface area (Å²) in [5.41, 5.74) is -0.0168. The molecule has 8 nitrogen and oxygen atoms in total. The van der Waals surface area contributed by atoms with E-state index in [-0.39, 0.29) is 22.0 Å². The van der Waals surface area contributed by atoms with Gasteiger partial charge in [0.15, 0.2) is 0 Å². The fraction of sp³-hybridized carbons (Fsp3) is 0.381. The number of hydrogen-bond acceptors (Lipinski definition) is 5. The summed E-state index contributed by atoms with van der Waals surface area (Å²) in [7, 11) is -3.80. The largest absolute Gasteiger partial charge is 0.327 e. The number of pyridine rings is 1. The normalized spacial score (nSPS) is 17.9. The standard InChI is InChI=1S/C21H24N4O4S/c26-20-18-13-17(14-22-19(18)23-21(27)24-20)30(28,29)25-12-5-4-10-16(25)11-6-9-15-7-2-1-3-8-15/h1-3,7-8,13-14,16H,4-6,9-12H2,(H2,22,23,24,26,27). The molecule has 1 aliphatic heterocycles. The third-order valence-electron chi connectivity index (χ3n) is 5.59. The van der Waals surface area contributed by atoms with Gasteiger partial charge in [-0.1, -0.05) is 36.8 Å². The van der Waals surface area contributed by atoms with E-state index in [1.807, 2.05) is 18.2 Å². The second-order valence-electron chi connectivity index (χ2n) is 7.62. The van der Waals surface area contributed by atoms with Crippen molar-refractivity contribution in [2.75, 3.05) is 6.54 Å². The average Bonchev–Trinajstić information content (AvgIpc) is 2.74. The van der Waals surface area contributed by atoms with Gasteiger partial charge in [-0.05, 0) is 43.7 Å². The van der Waals surface area contributed by atoms with E-state index in [1.165, 1.54) is 17.8 Å². The summed E-state index contributed by atoms with van der Waals surface area (Å²) in [5.74, 6) is 0. The number of hydrogen-bond donors (Lipinski definition) is 2. The van der Waals surface area contributed by atoms with Gasteiger partial charge >= 0.3 is 5.69 Å². The molecule has 9 heteroatoms. The quantitative estimate of drug-likeness (QED) is 0.624. The molecule has 0 bridgehead atoms. The van der Waals surface area contributed by atoms with E-state index in [0.29, 0.717) is 6.54 Å². The molecule has 1 fully saturated rings. The minimum atomic E-state index is -3.80. The summed E-state index contributed by atoms with van der Waals surface area (Å²) >= 11 is 0. The first-order valence-electron chi connectivity index (χ1n) is 10.1. The molecule has 0 aliphatic carbocycles. The lowest BCUT2D eigenvalue weighted by atomic mass is 9.98. The number of nitrogens with one attached hydrogen (secondary N) is 2. The Balaban J connectivity index is 1.57. The van der Waals surface area contributed by atoms with E-state index < -0.39 is 21.3 Å². The van der Waals surface area contributed by atoms with Crippen molar-refractivity contribution in [1.29, 1.82) is 0 Å². The Morgan fingerprint density at radius 2 is 1.90 bits per heavy atom. The van der Waals surface area contributed by atoms with Gasteiger partial charge in [-0.25, -0.2) is 18.2 Å². The van der Waals surface area contributed by atoms with Crippen LogP contribution < -0.4 is 11.2 Å². The molecule has 3 heterocycles. The lowest BCUT2D eigenvalue weighted by Crippen LogP contribution is -2.43. The molecule has 1 aliphatic rings. The van der Waals surface area contributed by atoms with Gasteiger partial charge in [0, 0.05) is 18.8 Å². The van der Waals surface area contributed by atoms with Gasteiger partial charge in [0.2, 0.25) is 10.0 Å². The molecule has 1 unspecified atom stereocenters. The van der Waals surface area contributed by atoms with Gasteiger partial charge in [0.05, 0.1) is 5.39 Å². The number of fused-ring (bicyclic) bond motifs is 1. The Kier molecular flexibility index (Phi) is 5.83. The third-order valence-corrected chi connectivity index (χ3v) is 7.51. The molecule has 30 heavy (non-hydrogen) atoms. The topological polar surface area (TPSA) is 116 Å². The van der Waals surface area contributed by atoms with Crippen molar-refractivity contribution >= 4 is 21.1 Å². The number of aromatic nitrogens is 3. The zero-order valence-corrected chi connectivity index (χ0v) is 17.3. The van der Waals surface area contributed by atoms with E-state index in [0.717, 1.165) is 38.5 Å². The first-order chi connectivity index (χ1) is 14.4. The molecule has 1 aromatic carbocycles. The van der Waals surface area contributed by atoms with Gasteiger partial charge in [-0.2, -0.15) is 4.31 Å². The van der Waals surface area contributed by atoms with Gasteiger partial charge in [0.1, 0.15) is 10.5 Å². The maximum Gasteiger partial charge on any atom is 0.327 e. The predicted octanol–water partition coefficient (Wildman–Crippen LogP) is 2.18. The molecule has 0 saturated carbocycles. The van der Waals surface area contributed by atoms with Crippen molar-refractivity contribution in [2.45, 2.75) is 49.5 Å². The summed E-state index contributed by atoms with van der Waals surface area (Å²) in [5, 5.41) is 0.0494. The van der Waals surface area contributed by atoms with Crippen molar-refractivity contribution in [3.05, 3.63) is 69.0 Å². The van der Waals surface area contributed by atoms with Crippen LogP contribution in [0.4, 0.5) is 0 Å². The molecule has 0 amide bonds. The molecule has 2 aromatic heterocycles. The molecule has 4 rings (SSSR count). The van der Waals surface area contributed by atoms with Crippen LogP contribution in [0.1, 0.15) is 37.7 Å². The Labute approximate surface area is 174 Å². The molecular weight excluding hydrogens is 404 g/mol. The summed E-state index contributed by atoms with van der Waals surface area (Å²) in [6.45, 7) is 0.457. The highest BCUT2D eigenvalue weighted by atomic mass is 32.2.